The van der Waals surface area contributed by atoms with E-state index in [0.29, 0.717) is 13.1 Å². The number of aromatic nitrogens is 3. The third-order valence-corrected chi connectivity index (χ3v) is 3.47. The summed E-state index contributed by atoms with van der Waals surface area (Å²) in [5, 5.41) is 14.5. The van der Waals surface area contributed by atoms with Crippen molar-refractivity contribution in [2.75, 3.05) is 6.54 Å². The molecule has 0 bridgehead atoms. The summed E-state index contributed by atoms with van der Waals surface area (Å²) >= 11 is 0. The molecule has 0 aliphatic rings. The maximum atomic E-state index is 4.64. The minimum Gasteiger partial charge on any atom is -0.357 e. The molecular formula is C16H24N6. The monoisotopic (exact) mass is 300 g/mol. The smallest absolute Gasteiger partial charge is 0.191 e. The van der Waals surface area contributed by atoms with Crippen LogP contribution in [0.3, 0.4) is 0 Å². The highest BCUT2D eigenvalue weighted by Gasteiger charge is 2.03. The van der Waals surface area contributed by atoms with Crippen LogP contribution in [0.2, 0.25) is 0 Å². The first-order valence-corrected chi connectivity index (χ1v) is 7.51. The third kappa shape index (κ3) is 4.31. The molecule has 2 aromatic rings. The molecule has 0 amide bonds. The van der Waals surface area contributed by atoms with E-state index in [1.165, 1.54) is 16.7 Å². The van der Waals surface area contributed by atoms with Gasteiger partial charge in [0.25, 0.3) is 0 Å². The SMILES string of the molecule is CCNC(=NCc1ccc(C)cc1C)NCc1nncn1C. The Morgan fingerprint density at radius 1 is 1.27 bits per heavy atom. The molecule has 0 atom stereocenters. The quantitative estimate of drug-likeness (QED) is 0.651. The van der Waals surface area contributed by atoms with Gasteiger partial charge < -0.3 is 15.2 Å². The van der Waals surface area contributed by atoms with Crippen molar-refractivity contribution in [1.82, 2.24) is 25.4 Å². The minimum absolute atomic E-state index is 0.592. The van der Waals surface area contributed by atoms with E-state index in [-0.39, 0.29) is 0 Å². The van der Waals surface area contributed by atoms with Crippen molar-refractivity contribution in [2.45, 2.75) is 33.9 Å². The zero-order valence-corrected chi connectivity index (χ0v) is 13.7. The molecule has 0 aliphatic carbocycles. The van der Waals surface area contributed by atoms with Gasteiger partial charge in [0, 0.05) is 13.6 Å². The summed E-state index contributed by atoms with van der Waals surface area (Å²) in [6.45, 7) is 8.34. The molecule has 0 unspecified atom stereocenters. The Kier molecular flexibility index (Phi) is 5.52. The summed E-state index contributed by atoms with van der Waals surface area (Å²) in [7, 11) is 1.93. The molecule has 0 fully saturated rings. The molecule has 1 aromatic carbocycles. The highest BCUT2D eigenvalue weighted by atomic mass is 15.3. The standard InChI is InChI=1S/C16H24N6/c1-5-17-16(19-10-15-21-20-11-22(15)4)18-9-14-7-6-12(2)8-13(14)3/h6-8,11H,5,9-10H2,1-4H3,(H2,17,18,19). The topological polar surface area (TPSA) is 67.1 Å². The van der Waals surface area contributed by atoms with Crippen molar-refractivity contribution in [2.24, 2.45) is 12.0 Å². The van der Waals surface area contributed by atoms with E-state index in [9.17, 15) is 0 Å². The number of nitrogens with zero attached hydrogens (tertiary/aromatic N) is 4. The van der Waals surface area contributed by atoms with Gasteiger partial charge in [-0.15, -0.1) is 10.2 Å². The van der Waals surface area contributed by atoms with Crippen LogP contribution >= 0.6 is 0 Å². The molecule has 0 spiro atoms. The van der Waals surface area contributed by atoms with Crippen LogP contribution in [0.15, 0.2) is 29.5 Å². The van der Waals surface area contributed by atoms with E-state index in [4.69, 9.17) is 0 Å². The largest absolute Gasteiger partial charge is 0.357 e. The van der Waals surface area contributed by atoms with E-state index in [2.05, 4.69) is 64.8 Å². The number of nitrogens with one attached hydrogen (secondary N) is 2. The van der Waals surface area contributed by atoms with Crippen LogP contribution in [-0.4, -0.2) is 27.3 Å². The Morgan fingerprint density at radius 2 is 2.09 bits per heavy atom. The number of benzene rings is 1. The second-order valence-electron chi connectivity index (χ2n) is 5.34. The first kappa shape index (κ1) is 16.0. The molecule has 0 saturated heterocycles. The lowest BCUT2D eigenvalue weighted by Crippen LogP contribution is -2.37. The van der Waals surface area contributed by atoms with Crippen LogP contribution in [-0.2, 0) is 20.1 Å². The summed E-state index contributed by atoms with van der Waals surface area (Å²) < 4.78 is 1.89. The van der Waals surface area contributed by atoms with Crippen LogP contribution in [0.25, 0.3) is 0 Å². The van der Waals surface area contributed by atoms with Crippen LogP contribution < -0.4 is 10.6 Å². The van der Waals surface area contributed by atoms with Gasteiger partial charge >= 0.3 is 0 Å². The maximum Gasteiger partial charge on any atom is 0.191 e. The van der Waals surface area contributed by atoms with Crippen LogP contribution in [0.4, 0.5) is 0 Å². The lowest BCUT2D eigenvalue weighted by Gasteiger charge is -2.11. The number of aryl methyl sites for hydroxylation is 3. The summed E-state index contributed by atoms with van der Waals surface area (Å²) in [5.74, 6) is 1.66. The highest BCUT2D eigenvalue weighted by Crippen LogP contribution is 2.11. The van der Waals surface area contributed by atoms with Gasteiger partial charge in [0.1, 0.15) is 6.33 Å². The van der Waals surface area contributed by atoms with Gasteiger partial charge in [0.15, 0.2) is 11.8 Å². The lowest BCUT2D eigenvalue weighted by atomic mass is 10.1. The first-order chi connectivity index (χ1) is 10.6. The van der Waals surface area contributed by atoms with E-state index in [1.54, 1.807) is 6.33 Å². The average Bonchev–Trinajstić information content (AvgIpc) is 2.89. The van der Waals surface area contributed by atoms with Crippen molar-refractivity contribution in [3.63, 3.8) is 0 Å². The number of guanidine groups is 1. The summed E-state index contributed by atoms with van der Waals surface area (Å²) in [6, 6.07) is 6.45. The molecule has 6 heteroatoms. The normalized spacial score (nSPS) is 11.5. The van der Waals surface area contributed by atoms with Crippen molar-refractivity contribution in [1.29, 1.82) is 0 Å². The minimum atomic E-state index is 0.592. The fraction of sp³-hybridized carbons (Fsp3) is 0.438. The third-order valence-electron chi connectivity index (χ3n) is 3.47. The molecular weight excluding hydrogens is 276 g/mol. The highest BCUT2D eigenvalue weighted by molar-refractivity contribution is 5.79. The molecule has 118 valence electrons. The molecule has 22 heavy (non-hydrogen) atoms. The maximum absolute atomic E-state index is 4.64. The molecule has 0 radical (unpaired) electrons. The Labute approximate surface area is 131 Å². The average molecular weight is 300 g/mol. The number of hydrogen-bond donors (Lipinski definition) is 2. The summed E-state index contributed by atoms with van der Waals surface area (Å²) in [4.78, 5) is 4.64. The second kappa shape index (κ2) is 7.59. The van der Waals surface area contributed by atoms with Gasteiger partial charge in [-0.25, -0.2) is 4.99 Å². The Morgan fingerprint density at radius 3 is 2.73 bits per heavy atom. The molecule has 1 heterocycles. The van der Waals surface area contributed by atoms with Crippen LogP contribution in [0.5, 0.6) is 0 Å². The lowest BCUT2D eigenvalue weighted by molar-refractivity contribution is 0.726. The molecule has 2 N–H and O–H groups in total. The van der Waals surface area contributed by atoms with E-state index in [0.717, 1.165) is 18.3 Å². The van der Waals surface area contributed by atoms with Gasteiger partial charge in [-0.3, -0.25) is 0 Å². The number of aliphatic imine (C=N–C) groups is 1. The summed E-state index contributed by atoms with van der Waals surface area (Å²) in [6.07, 6.45) is 1.69. The molecule has 0 aliphatic heterocycles. The fourth-order valence-electron chi connectivity index (χ4n) is 2.16. The number of hydrogen-bond acceptors (Lipinski definition) is 3. The van der Waals surface area contributed by atoms with Gasteiger partial charge in [-0.1, -0.05) is 23.8 Å². The van der Waals surface area contributed by atoms with E-state index in [1.807, 2.05) is 11.6 Å². The van der Waals surface area contributed by atoms with Crippen LogP contribution in [0, 0.1) is 13.8 Å². The molecule has 2 rings (SSSR count). The number of rotatable bonds is 5. The van der Waals surface area contributed by atoms with Gasteiger partial charge in [-0.2, -0.15) is 0 Å². The summed E-state index contributed by atoms with van der Waals surface area (Å²) in [5.41, 5.74) is 3.78. The predicted octanol–water partition coefficient (Wildman–Crippen LogP) is 1.69. The molecule has 1 aromatic heterocycles. The van der Waals surface area contributed by atoms with Crippen molar-refractivity contribution >= 4 is 5.96 Å². The van der Waals surface area contributed by atoms with E-state index < -0.39 is 0 Å². The van der Waals surface area contributed by atoms with Crippen LogP contribution in [0.1, 0.15) is 29.4 Å². The van der Waals surface area contributed by atoms with Gasteiger partial charge in [-0.05, 0) is 31.9 Å². The Bertz CT molecular complexity index is 644. The Balaban J connectivity index is 2.01. The molecule has 0 saturated carbocycles. The second-order valence-corrected chi connectivity index (χ2v) is 5.34. The molecule has 6 nitrogen and oxygen atoms in total. The van der Waals surface area contributed by atoms with E-state index >= 15 is 0 Å². The zero-order valence-electron chi connectivity index (χ0n) is 13.7. The zero-order chi connectivity index (χ0) is 15.9. The van der Waals surface area contributed by atoms with Gasteiger partial charge in [0.2, 0.25) is 0 Å². The van der Waals surface area contributed by atoms with Crippen molar-refractivity contribution in [3.05, 3.63) is 47.0 Å². The Hall–Kier alpha value is -2.37. The fourth-order valence-corrected chi connectivity index (χ4v) is 2.16. The first-order valence-electron chi connectivity index (χ1n) is 7.51. The van der Waals surface area contributed by atoms with Crippen molar-refractivity contribution < 1.29 is 0 Å². The van der Waals surface area contributed by atoms with Gasteiger partial charge in [0.05, 0.1) is 13.1 Å². The predicted molar refractivity (Wildman–Crippen MR) is 88.6 cm³/mol. The van der Waals surface area contributed by atoms with Crippen molar-refractivity contribution in [3.8, 4) is 0 Å².